The van der Waals surface area contributed by atoms with Crippen molar-refractivity contribution in [3.05, 3.63) is 48.5 Å². The second-order valence-electron chi connectivity index (χ2n) is 7.27. The zero-order valence-corrected chi connectivity index (χ0v) is 16.8. The van der Waals surface area contributed by atoms with Crippen molar-refractivity contribution in [1.82, 2.24) is 0 Å². The number of carbonyl (C=O) groups excluding carboxylic acids is 2. The number of nitrogens with one attached hydrogen (secondary N) is 1. The van der Waals surface area contributed by atoms with Crippen LogP contribution in [0.4, 0.5) is 5.69 Å². The van der Waals surface area contributed by atoms with E-state index in [2.05, 4.69) is 5.32 Å². The SMILES string of the molecule is COc1cccc(Oc2ccccc2NC(=O)CCCC(=O)OC(C)(C)C)c1. The molecule has 0 aliphatic heterocycles. The van der Waals surface area contributed by atoms with Gasteiger partial charge in [-0.2, -0.15) is 0 Å². The van der Waals surface area contributed by atoms with Gasteiger partial charge in [-0.15, -0.1) is 0 Å². The molecule has 0 aliphatic carbocycles. The van der Waals surface area contributed by atoms with Crippen molar-refractivity contribution in [2.45, 2.75) is 45.6 Å². The zero-order chi connectivity index (χ0) is 20.6. The van der Waals surface area contributed by atoms with E-state index in [-0.39, 0.29) is 24.7 Å². The second kappa shape index (κ2) is 9.78. The molecule has 0 spiro atoms. The van der Waals surface area contributed by atoms with E-state index >= 15 is 0 Å². The first-order chi connectivity index (χ1) is 13.3. The number of anilines is 1. The average molecular weight is 385 g/mol. The van der Waals surface area contributed by atoms with Crippen LogP contribution < -0.4 is 14.8 Å². The molecule has 0 radical (unpaired) electrons. The Labute approximate surface area is 165 Å². The summed E-state index contributed by atoms with van der Waals surface area (Å²) in [6.07, 6.45) is 0.832. The molecule has 0 fully saturated rings. The maximum absolute atomic E-state index is 12.2. The number of carbonyl (C=O) groups is 2. The Morgan fingerprint density at radius 3 is 2.39 bits per heavy atom. The highest BCUT2D eigenvalue weighted by molar-refractivity contribution is 5.92. The van der Waals surface area contributed by atoms with Gasteiger partial charge in [0.2, 0.25) is 5.91 Å². The van der Waals surface area contributed by atoms with Gasteiger partial charge >= 0.3 is 5.97 Å². The van der Waals surface area contributed by atoms with Crippen LogP contribution in [0.1, 0.15) is 40.0 Å². The molecule has 28 heavy (non-hydrogen) atoms. The standard InChI is InChI=1S/C22H27NO5/c1-22(2,3)28-21(25)14-8-13-20(24)23-18-11-5-6-12-19(18)27-17-10-7-9-16(15-17)26-4/h5-7,9-12,15H,8,13-14H2,1-4H3,(H,23,24). The zero-order valence-electron chi connectivity index (χ0n) is 16.8. The van der Waals surface area contributed by atoms with Crippen molar-refractivity contribution in [1.29, 1.82) is 0 Å². The molecule has 0 unspecified atom stereocenters. The van der Waals surface area contributed by atoms with Crippen LogP contribution in [0.25, 0.3) is 0 Å². The van der Waals surface area contributed by atoms with Crippen LogP contribution >= 0.6 is 0 Å². The lowest BCUT2D eigenvalue weighted by Crippen LogP contribution is -2.24. The highest BCUT2D eigenvalue weighted by atomic mass is 16.6. The van der Waals surface area contributed by atoms with Crippen molar-refractivity contribution in [3.63, 3.8) is 0 Å². The Kier molecular flexibility index (Phi) is 7.44. The summed E-state index contributed by atoms with van der Waals surface area (Å²) >= 11 is 0. The minimum absolute atomic E-state index is 0.190. The molecule has 0 atom stereocenters. The predicted molar refractivity (Wildman–Crippen MR) is 108 cm³/mol. The van der Waals surface area contributed by atoms with Gasteiger partial charge in [0.25, 0.3) is 0 Å². The number of amides is 1. The third-order valence-corrected chi connectivity index (χ3v) is 3.63. The summed E-state index contributed by atoms with van der Waals surface area (Å²) in [4.78, 5) is 24.0. The minimum Gasteiger partial charge on any atom is -0.497 e. The van der Waals surface area contributed by atoms with Crippen molar-refractivity contribution >= 4 is 17.6 Å². The molecule has 1 amide bonds. The van der Waals surface area contributed by atoms with Gasteiger partial charge in [-0.05, 0) is 51.5 Å². The van der Waals surface area contributed by atoms with Crippen LogP contribution in [0.5, 0.6) is 17.2 Å². The number of hydrogen-bond acceptors (Lipinski definition) is 5. The van der Waals surface area contributed by atoms with Crippen LogP contribution in [0.3, 0.4) is 0 Å². The van der Waals surface area contributed by atoms with Crippen molar-refractivity contribution in [2.75, 3.05) is 12.4 Å². The van der Waals surface area contributed by atoms with Crippen molar-refractivity contribution < 1.29 is 23.8 Å². The first-order valence-electron chi connectivity index (χ1n) is 9.19. The lowest BCUT2D eigenvalue weighted by Gasteiger charge is -2.19. The van der Waals surface area contributed by atoms with E-state index in [4.69, 9.17) is 14.2 Å². The summed E-state index contributed by atoms with van der Waals surface area (Å²) in [6.45, 7) is 5.45. The lowest BCUT2D eigenvalue weighted by atomic mass is 10.2. The molecular formula is C22H27NO5. The first kappa shape index (κ1) is 21.3. The summed E-state index contributed by atoms with van der Waals surface area (Å²) < 4.78 is 16.3. The first-order valence-corrected chi connectivity index (χ1v) is 9.19. The average Bonchev–Trinajstić information content (AvgIpc) is 2.62. The van der Waals surface area contributed by atoms with Crippen LogP contribution in [-0.2, 0) is 14.3 Å². The normalized spacial score (nSPS) is 10.9. The number of esters is 1. The van der Waals surface area contributed by atoms with Gasteiger partial charge in [0, 0.05) is 18.9 Å². The molecule has 6 nitrogen and oxygen atoms in total. The Morgan fingerprint density at radius 2 is 1.68 bits per heavy atom. The molecule has 0 aliphatic rings. The summed E-state index contributed by atoms with van der Waals surface area (Å²) in [6, 6.07) is 14.4. The molecular weight excluding hydrogens is 358 g/mol. The number of para-hydroxylation sites is 2. The van der Waals surface area contributed by atoms with E-state index in [9.17, 15) is 9.59 Å². The quantitative estimate of drug-likeness (QED) is 0.652. The maximum atomic E-state index is 12.2. The minimum atomic E-state index is -0.518. The highest BCUT2D eigenvalue weighted by Gasteiger charge is 2.16. The summed E-state index contributed by atoms with van der Waals surface area (Å²) in [5, 5.41) is 2.83. The Balaban J connectivity index is 1.91. The smallest absolute Gasteiger partial charge is 0.306 e. The fourth-order valence-electron chi connectivity index (χ4n) is 2.45. The lowest BCUT2D eigenvalue weighted by molar-refractivity contribution is -0.154. The number of methoxy groups -OCH3 is 1. The molecule has 150 valence electrons. The number of ether oxygens (including phenoxy) is 3. The third kappa shape index (κ3) is 7.31. The Hall–Kier alpha value is -3.02. The maximum Gasteiger partial charge on any atom is 0.306 e. The fraction of sp³-hybridized carbons (Fsp3) is 0.364. The van der Waals surface area contributed by atoms with E-state index in [1.54, 1.807) is 25.3 Å². The van der Waals surface area contributed by atoms with Gasteiger partial charge in [-0.25, -0.2) is 0 Å². The number of hydrogen-bond donors (Lipinski definition) is 1. The van der Waals surface area contributed by atoms with Crippen LogP contribution in [0.15, 0.2) is 48.5 Å². The van der Waals surface area contributed by atoms with Gasteiger partial charge in [0.05, 0.1) is 12.8 Å². The monoisotopic (exact) mass is 385 g/mol. The molecule has 2 aromatic carbocycles. The van der Waals surface area contributed by atoms with Crippen molar-refractivity contribution in [3.8, 4) is 17.2 Å². The van der Waals surface area contributed by atoms with Crippen molar-refractivity contribution in [2.24, 2.45) is 0 Å². The van der Waals surface area contributed by atoms with Crippen LogP contribution in [-0.4, -0.2) is 24.6 Å². The molecule has 2 rings (SSSR count). The molecule has 1 N–H and O–H groups in total. The van der Waals surface area contributed by atoms with Gasteiger partial charge in [-0.1, -0.05) is 18.2 Å². The molecule has 0 aromatic heterocycles. The molecule has 0 bridgehead atoms. The molecule has 0 saturated carbocycles. The second-order valence-corrected chi connectivity index (χ2v) is 7.27. The van der Waals surface area contributed by atoms with Crippen LogP contribution in [0.2, 0.25) is 0 Å². The predicted octanol–water partition coefficient (Wildman–Crippen LogP) is 4.94. The van der Waals surface area contributed by atoms with E-state index < -0.39 is 5.60 Å². The Morgan fingerprint density at radius 1 is 0.964 bits per heavy atom. The highest BCUT2D eigenvalue weighted by Crippen LogP contribution is 2.31. The third-order valence-electron chi connectivity index (χ3n) is 3.63. The molecule has 0 heterocycles. The summed E-state index contributed by atoms with van der Waals surface area (Å²) in [5.74, 6) is 1.32. The number of rotatable bonds is 8. The van der Waals surface area contributed by atoms with Gasteiger partial charge in [-0.3, -0.25) is 9.59 Å². The summed E-state index contributed by atoms with van der Waals surface area (Å²) in [5.41, 5.74) is 0.0445. The largest absolute Gasteiger partial charge is 0.497 e. The Bertz CT molecular complexity index is 811. The van der Waals surface area contributed by atoms with Gasteiger partial charge in [0.1, 0.15) is 17.1 Å². The molecule has 0 saturated heterocycles. The topological polar surface area (TPSA) is 73.9 Å². The van der Waals surface area contributed by atoms with Crippen LogP contribution in [0, 0.1) is 0 Å². The summed E-state index contributed by atoms with van der Waals surface area (Å²) in [7, 11) is 1.59. The molecule has 2 aromatic rings. The van der Waals surface area contributed by atoms with Gasteiger partial charge < -0.3 is 19.5 Å². The van der Waals surface area contributed by atoms with E-state index in [1.807, 2.05) is 51.1 Å². The van der Waals surface area contributed by atoms with E-state index in [1.165, 1.54) is 0 Å². The fourth-order valence-corrected chi connectivity index (χ4v) is 2.45. The molecule has 6 heteroatoms. The van der Waals surface area contributed by atoms with E-state index in [0.29, 0.717) is 29.4 Å². The number of benzene rings is 2. The van der Waals surface area contributed by atoms with Gasteiger partial charge in [0.15, 0.2) is 5.75 Å². The van der Waals surface area contributed by atoms with E-state index in [0.717, 1.165) is 0 Å².